The fraction of sp³-hybridized carbons (Fsp3) is 0.625. The minimum Gasteiger partial charge on any atom is -0.290 e. The third-order valence-corrected chi connectivity index (χ3v) is 4.28. The van der Waals surface area contributed by atoms with Gasteiger partial charge in [0.1, 0.15) is 0 Å². The van der Waals surface area contributed by atoms with Crippen LogP contribution in [0.1, 0.15) is 58.3 Å². The Bertz CT molecular complexity index is 369. The largest absolute Gasteiger partial charge is 0.290 e. The van der Waals surface area contributed by atoms with Gasteiger partial charge in [-0.2, -0.15) is 0 Å². The van der Waals surface area contributed by atoms with Gasteiger partial charge in [-0.05, 0) is 43.9 Å². The summed E-state index contributed by atoms with van der Waals surface area (Å²) in [5, 5.41) is 0. The maximum absolute atomic E-state index is 11.5. The summed E-state index contributed by atoms with van der Waals surface area (Å²) in [5.41, 5.74) is 0.675. The summed E-state index contributed by atoms with van der Waals surface area (Å²) in [6.45, 7) is 2.21. The molecule has 19 heavy (non-hydrogen) atoms. The van der Waals surface area contributed by atoms with Crippen LogP contribution in [-0.4, -0.2) is 16.4 Å². The van der Waals surface area contributed by atoms with Crippen LogP contribution in [0.5, 0.6) is 0 Å². The van der Waals surface area contributed by atoms with Crippen molar-refractivity contribution in [3.05, 3.63) is 23.8 Å². The lowest BCUT2D eigenvalue weighted by Gasteiger charge is -2.09. The van der Waals surface area contributed by atoms with E-state index in [-0.39, 0.29) is 11.6 Å². The zero-order valence-corrected chi connectivity index (χ0v) is 13.2. The van der Waals surface area contributed by atoms with Crippen molar-refractivity contribution in [3.8, 4) is 0 Å². The summed E-state index contributed by atoms with van der Waals surface area (Å²) in [5.74, 6) is -0.0596. The lowest BCUT2D eigenvalue weighted by Crippen LogP contribution is -2.07. The highest BCUT2D eigenvalue weighted by atomic mass is 79.9. The molecule has 0 heterocycles. The number of alkyl halides is 1. The number of carbonyl (C=O) groups excluding carboxylic acids is 2. The fourth-order valence-electron chi connectivity index (χ4n) is 2.18. The number of allylic oxidation sites excluding steroid dienone is 4. The molecule has 0 fully saturated rings. The Balaban J connectivity index is 2.11. The highest BCUT2D eigenvalue weighted by molar-refractivity contribution is 9.09. The van der Waals surface area contributed by atoms with E-state index < -0.39 is 0 Å². The summed E-state index contributed by atoms with van der Waals surface area (Å²) in [7, 11) is 0. The van der Waals surface area contributed by atoms with Crippen LogP contribution < -0.4 is 0 Å². The average Bonchev–Trinajstić information content (AvgIpc) is 2.39. The second-order valence-electron chi connectivity index (χ2n) is 5.11. The predicted molar refractivity (Wildman–Crippen MR) is 82.6 cm³/mol. The highest BCUT2D eigenvalue weighted by Gasteiger charge is 2.12. The van der Waals surface area contributed by atoms with Gasteiger partial charge in [0, 0.05) is 10.4 Å². The summed E-state index contributed by atoms with van der Waals surface area (Å²) < 4.78 is 0. The van der Waals surface area contributed by atoms with Crippen molar-refractivity contribution in [1.29, 1.82) is 0 Å². The van der Waals surface area contributed by atoms with Gasteiger partial charge in [-0.1, -0.05) is 48.5 Å². The van der Waals surface area contributed by atoms with Crippen LogP contribution in [0, 0.1) is 0 Å². The molecule has 2 nitrogen and oxygen atoms in total. The molecule has 0 aromatic carbocycles. The highest BCUT2D eigenvalue weighted by Crippen LogP contribution is 2.19. The second-order valence-corrected chi connectivity index (χ2v) is 6.40. The quantitative estimate of drug-likeness (QED) is 0.354. The smallest absolute Gasteiger partial charge is 0.182 e. The Morgan fingerprint density at radius 3 is 2.53 bits per heavy atom. The van der Waals surface area contributed by atoms with E-state index in [1.54, 1.807) is 0 Å². The van der Waals surface area contributed by atoms with Crippen LogP contribution in [0.3, 0.4) is 0 Å². The SMILES string of the molecule is CCCCC(Br)CCCCCC1=CC(=O)C=CC1=O. The Morgan fingerprint density at radius 2 is 1.79 bits per heavy atom. The minimum atomic E-state index is -0.0605. The van der Waals surface area contributed by atoms with Crippen molar-refractivity contribution in [2.75, 3.05) is 0 Å². The van der Waals surface area contributed by atoms with Gasteiger partial charge in [0.05, 0.1) is 0 Å². The van der Waals surface area contributed by atoms with Gasteiger partial charge in [-0.15, -0.1) is 0 Å². The van der Waals surface area contributed by atoms with Gasteiger partial charge >= 0.3 is 0 Å². The molecule has 0 bridgehead atoms. The lowest BCUT2D eigenvalue weighted by molar-refractivity contribution is -0.114. The van der Waals surface area contributed by atoms with E-state index in [4.69, 9.17) is 0 Å². The van der Waals surface area contributed by atoms with Crippen molar-refractivity contribution < 1.29 is 9.59 Å². The van der Waals surface area contributed by atoms with Crippen molar-refractivity contribution in [3.63, 3.8) is 0 Å². The standard InChI is InChI=1S/C16H23BrO2/c1-2-3-8-14(17)9-6-4-5-7-13-12-15(18)10-11-16(13)19/h10-12,14H,2-9H2,1H3. The number of carbonyl (C=O) groups is 2. The fourth-order valence-corrected chi connectivity index (χ4v) is 2.83. The van der Waals surface area contributed by atoms with E-state index in [0.29, 0.717) is 10.4 Å². The lowest BCUT2D eigenvalue weighted by atomic mass is 9.97. The summed E-state index contributed by atoms with van der Waals surface area (Å²) in [4.78, 5) is 23.3. The van der Waals surface area contributed by atoms with Crippen LogP contribution in [0.4, 0.5) is 0 Å². The zero-order chi connectivity index (χ0) is 14.1. The molecule has 0 aromatic heterocycles. The predicted octanol–water partition coefficient (Wildman–Crippen LogP) is 4.53. The Morgan fingerprint density at radius 1 is 1.05 bits per heavy atom. The molecule has 106 valence electrons. The van der Waals surface area contributed by atoms with E-state index in [2.05, 4.69) is 22.9 Å². The first kappa shape index (κ1) is 16.4. The molecular formula is C16H23BrO2. The zero-order valence-electron chi connectivity index (χ0n) is 11.7. The molecule has 0 amide bonds. The van der Waals surface area contributed by atoms with Gasteiger partial charge < -0.3 is 0 Å². The number of rotatable bonds is 9. The summed E-state index contributed by atoms with van der Waals surface area (Å²) >= 11 is 3.71. The van der Waals surface area contributed by atoms with Crippen LogP contribution in [0.25, 0.3) is 0 Å². The molecule has 0 radical (unpaired) electrons. The van der Waals surface area contributed by atoms with Crippen molar-refractivity contribution in [2.24, 2.45) is 0 Å². The molecule has 1 aliphatic rings. The normalized spacial score (nSPS) is 16.6. The minimum absolute atomic E-state index is 0.000846. The number of ketones is 2. The number of unbranched alkanes of at least 4 members (excludes halogenated alkanes) is 3. The molecule has 0 spiro atoms. The maximum Gasteiger partial charge on any atom is 0.182 e. The van der Waals surface area contributed by atoms with E-state index in [1.807, 2.05) is 0 Å². The van der Waals surface area contributed by atoms with E-state index in [1.165, 1.54) is 50.3 Å². The van der Waals surface area contributed by atoms with E-state index in [0.717, 1.165) is 19.3 Å². The van der Waals surface area contributed by atoms with Gasteiger partial charge in [0.2, 0.25) is 0 Å². The van der Waals surface area contributed by atoms with Gasteiger partial charge in [-0.25, -0.2) is 0 Å². The first-order chi connectivity index (χ1) is 9.13. The first-order valence-corrected chi connectivity index (χ1v) is 8.16. The molecule has 1 rings (SSSR count). The van der Waals surface area contributed by atoms with Crippen molar-refractivity contribution >= 4 is 27.5 Å². The van der Waals surface area contributed by atoms with E-state index in [9.17, 15) is 9.59 Å². The monoisotopic (exact) mass is 326 g/mol. The third kappa shape index (κ3) is 6.86. The Labute approximate surface area is 124 Å². The molecule has 0 aliphatic heterocycles. The molecule has 1 atom stereocenters. The topological polar surface area (TPSA) is 34.1 Å². The first-order valence-electron chi connectivity index (χ1n) is 7.24. The molecular weight excluding hydrogens is 304 g/mol. The number of hydrogen-bond acceptors (Lipinski definition) is 2. The Hall–Kier alpha value is -0.700. The van der Waals surface area contributed by atoms with Crippen molar-refractivity contribution in [2.45, 2.75) is 63.1 Å². The maximum atomic E-state index is 11.5. The summed E-state index contributed by atoms with van der Waals surface area (Å²) in [6.07, 6.45) is 13.2. The Kier molecular flexibility index (Phi) is 7.96. The number of hydrogen-bond donors (Lipinski definition) is 0. The van der Waals surface area contributed by atoms with E-state index >= 15 is 0 Å². The second kappa shape index (κ2) is 9.24. The van der Waals surface area contributed by atoms with Gasteiger partial charge in [0.15, 0.2) is 11.6 Å². The molecule has 0 saturated carbocycles. The average molecular weight is 327 g/mol. The van der Waals surface area contributed by atoms with Gasteiger partial charge in [-0.3, -0.25) is 9.59 Å². The van der Waals surface area contributed by atoms with Crippen LogP contribution in [0.2, 0.25) is 0 Å². The molecule has 3 heteroatoms. The van der Waals surface area contributed by atoms with Crippen LogP contribution >= 0.6 is 15.9 Å². The summed E-state index contributed by atoms with van der Waals surface area (Å²) in [6, 6.07) is 0. The number of halogens is 1. The molecule has 1 unspecified atom stereocenters. The van der Waals surface area contributed by atoms with Crippen molar-refractivity contribution in [1.82, 2.24) is 0 Å². The van der Waals surface area contributed by atoms with Gasteiger partial charge in [0.25, 0.3) is 0 Å². The van der Waals surface area contributed by atoms with Crippen LogP contribution in [0.15, 0.2) is 23.8 Å². The molecule has 0 N–H and O–H groups in total. The molecule has 1 aliphatic carbocycles. The van der Waals surface area contributed by atoms with Crippen LogP contribution in [-0.2, 0) is 9.59 Å². The third-order valence-electron chi connectivity index (χ3n) is 3.37. The molecule has 0 saturated heterocycles. The molecule has 0 aromatic rings.